The molecule has 1 amide bonds. The summed E-state index contributed by atoms with van der Waals surface area (Å²) in [7, 11) is 0. The first-order chi connectivity index (χ1) is 13.4. The number of alkyl halides is 2. The zero-order chi connectivity index (χ0) is 20.3. The van der Waals surface area contributed by atoms with Gasteiger partial charge in [0.2, 0.25) is 0 Å². The van der Waals surface area contributed by atoms with Crippen molar-refractivity contribution in [3.8, 4) is 5.75 Å². The van der Waals surface area contributed by atoms with E-state index in [-0.39, 0.29) is 23.0 Å². The smallest absolute Gasteiger partial charge is 0.387 e. The summed E-state index contributed by atoms with van der Waals surface area (Å²) in [6.07, 6.45) is 0.950. The summed E-state index contributed by atoms with van der Waals surface area (Å²) in [5.41, 5.74) is 0.562. The maximum Gasteiger partial charge on any atom is 0.387 e. The van der Waals surface area contributed by atoms with Crippen molar-refractivity contribution in [2.75, 3.05) is 13.1 Å². The molecule has 1 saturated heterocycles. The van der Waals surface area contributed by atoms with Crippen LogP contribution in [0.5, 0.6) is 5.75 Å². The van der Waals surface area contributed by atoms with Crippen LogP contribution in [0.1, 0.15) is 33.6 Å². The number of rotatable bonds is 5. The van der Waals surface area contributed by atoms with E-state index < -0.39 is 12.5 Å². The third-order valence-electron chi connectivity index (χ3n) is 4.69. The Bertz CT molecular complexity index is 884. The van der Waals surface area contributed by atoms with Crippen molar-refractivity contribution in [2.45, 2.75) is 19.5 Å². The minimum absolute atomic E-state index is 0.0490. The maximum atomic E-state index is 12.7. The van der Waals surface area contributed by atoms with Crippen LogP contribution in [0, 0.1) is 5.92 Å². The zero-order valence-electron chi connectivity index (χ0n) is 14.7. The highest BCUT2D eigenvalue weighted by atomic mass is 35.5. The number of Topliss-reactive ketones (excluding diaryl/α,β-unsaturated/α-hetero) is 1. The highest BCUT2D eigenvalue weighted by Gasteiger charge is 2.30. The van der Waals surface area contributed by atoms with Crippen molar-refractivity contribution < 1.29 is 23.1 Å². The lowest BCUT2D eigenvalue weighted by atomic mass is 9.88. The first-order valence-corrected chi connectivity index (χ1v) is 9.45. The maximum absolute atomic E-state index is 12.7. The van der Waals surface area contributed by atoms with Crippen LogP contribution < -0.4 is 4.74 Å². The van der Waals surface area contributed by atoms with Crippen LogP contribution in [0.15, 0.2) is 42.5 Å². The number of likely N-dealkylation sites (tertiary alicyclic amines) is 1. The first kappa shape index (κ1) is 20.6. The van der Waals surface area contributed by atoms with Gasteiger partial charge in [0.05, 0.1) is 15.6 Å². The summed E-state index contributed by atoms with van der Waals surface area (Å²) in [6.45, 7) is -2.32. The summed E-state index contributed by atoms with van der Waals surface area (Å²) in [5.74, 6) is -0.839. The molecule has 1 fully saturated rings. The van der Waals surface area contributed by atoms with Crippen molar-refractivity contribution >= 4 is 34.9 Å². The minimum atomic E-state index is -3.01. The van der Waals surface area contributed by atoms with Crippen molar-refractivity contribution in [3.05, 3.63) is 63.6 Å². The van der Waals surface area contributed by atoms with E-state index >= 15 is 0 Å². The molecular formula is C20H17Cl2F2NO3. The molecule has 0 spiro atoms. The normalized spacial score (nSPS) is 15.0. The molecule has 28 heavy (non-hydrogen) atoms. The molecule has 3 rings (SSSR count). The lowest BCUT2D eigenvalue weighted by Crippen LogP contribution is -2.40. The van der Waals surface area contributed by atoms with Gasteiger partial charge < -0.3 is 9.64 Å². The molecule has 1 heterocycles. The SMILES string of the molecule is O=C(c1ccc(Cl)c(Cl)c1)C1CCN(C(=O)c2ccccc2OC(F)F)CC1. The topological polar surface area (TPSA) is 46.6 Å². The summed E-state index contributed by atoms with van der Waals surface area (Å²) in [5, 5.41) is 0.694. The average molecular weight is 428 g/mol. The molecule has 0 aliphatic carbocycles. The molecular weight excluding hydrogens is 411 g/mol. The van der Waals surface area contributed by atoms with E-state index in [9.17, 15) is 18.4 Å². The van der Waals surface area contributed by atoms with Gasteiger partial charge in [-0.25, -0.2) is 0 Å². The van der Waals surface area contributed by atoms with Gasteiger partial charge >= 0.3 is 6.61 Å². The Kier molecular flexibility index (Phi) is 6.52. The van der Waals surface area contributed by atoms with Gasteiger partial charge in [-0.2, -0.15) is 8.78 Å². The Morgan fingerprint density at radius 3 is 2.36 bits per heavy atom. The molecule has 0 atom stereocenters. The Morgan fingerprint density at radius 1 is 1.04 bits per heavy atom. The molecule has 0 aromatic heterocycles. The number of hydrogen-bond donors (Lipinski definition) is 0. The lowest BCUT2D eigenvalue weighted by Gasteiger charge is -2.31. The Morgan fingerprint density at radius 2 is 1.71 bits per heavy atom. The second-order valence-electron chi connectivity index (χ2n) is 6.43. The van der Waals surface area contributed by atoms with E-state index in [1.54, 1.807) is 29.2 Å². The predicted molar refractivity (Wildman–Crippen MR) is 102 cm³/mol. The number of ketones is 1. The number of halogens is 4. The van der Waals surface area contributed by atoms with Crippen molar-refractivity contribution in [2.24, 2.45) is 5.92 Å². The highest BCUT2D eigenvalue weighted by Crippen LogP contribution is 2.28. The third kappa shape index (κ3) is 4.62. The lowest BCUT2D eigenvalue weighted by molar-refractivity contribution is -0.0503. The number of piperidine rings is 1. The molecule has 1 aliphatic rings. The number of carbonyl (C=O) groups is 2. The largest absolute Gasteiger partial charge is 0.434 e. The van der Waals surface area contributed by atoms with E-state index in [2.05, 4.69) is 4.74 Å². The van der Waals surface area contributed by atoms with Crippen LogP contribution in [-0.4, -0.2) is 36.3 Å². The number of nitrogens with zero attached hydrogens (tertiary/aromatic N) is 1. The standard InChI is InChI=1S/C20H17Cl2F2NO3/c21-15-6-5-13(11-16(15)22)18(26)12-7-9-25(10-8-12)19(27)14-3-1-2-4-17(14)28-20(23)24/h1-6,11-12,20H,7-10H2. The molecule has 0 N–H and O–H groups in total. The summed E-state index contributed by atoms with van der Waals surface area (Å²) >= 11 is 11.9. The molecule has 148 valence electrons. The van der Waals surface area contributed by atoms with Gasteiger partial charge in [-0.3, -0.25) is 9.59 Å². The van der Waals surface area contributed by atoms with Gasteiger partial charge in [-0.15, -0.1) is 0 Å². The zero-order valence-corrected chi connectivity index (χ0v) is 16.2. The number of carbonyl (C=O) groups excluding carboxylic acids is 2. The molecule has 0 unspecified atom stereocenters. The van der Waals surface area contributed by atoms with Crippen LogP contribution in [0.4, 0.5) is 8.78 Å². The van der Waals surface area contributed by atoms with Crippen LogP contribution >= 0.6 is 23.2 Å². The van der Waals surface area contributed by atoms with Crippen LogP contribution in [0.3, 0.4) is 0 Å². The average Bonchev–Trinajstić information content (AvgIpc) is 2.69. The van der Waals surface area contributed by atoms with E-state index in [1.807, 2.05) is 0 Å². The fourth-order valence-electron chi connectivity index (χ4n) is 3.24. The number of benzene rings is 2. The predicted octanol–water partition coefficient (Wildman–Crippen LogP) is 5.33. The molecule has 0 radical (unpaired) electrons. The molecule has 2 aromatic rings. The van der Waals surface area contributed by atoms with Crippen molar-refractivity contribution in [3.63, 3.8) is 0 Å². The number of amides is 1. The summed E-state index contributed by atoms with van der Waals surface area (Å²) in [6, 6.07) is 10.7. The van der Waals surface area contributed by atoms with E-state index in [1.165, 1.54) is 18.2 Å². The van der Waals surface area contributed by atoms with Crippen LogP contribution in [-0.2, 0) is 0 Å². The molecule has 1 aliphatic heterocycles. The molecule has 0 saturated carbocycles. The van der Waals surface area contributed by atoms with E-state index in [0.29, 0.717) is 41.5 Å². The van der Waals surface area contributed by atoms with Gasteiger partial charge in [-0.1, -0.05) is 35.3 Å². The first-order valence-electron chi connectivity index (χ1n) is 8.69. The Labute approximate surface area is 171 Å². The van der Waals surface area contributed by atoms with Crippen molar-refractivity contribution in [1.82, 2.24) is 4.90 Å². The molecule has 8 heteroatoms. The Balaban J connectivity index is 1.66. The molecule has 2 aromatic carbocycles. The van der Waals surface area contributed by atoms with E-state index in [4.69, 9.17) is 23.2 Å². The summed E-state index contributed by atoms with van der Waals surface area (Å²) in [4.78, 5) is 26.9. The fourth-order valence-corrected chi connectivity index (χ4v) is 3.54. The monoisotopic (exact) mass is 427 g/mol. The number of ether oxygens (including phenoxy) is 1. The van der Waals surface area contributed by atoms with Crippen LogP contribution in [0.25, 0.3) is 0 Å². The second-order valence-corrected chi connectivity index (χ2v) is 7.25. The van der Waals surface area contributed by atoms with Crippen LogP contribution in [0.2, 0.25) is 10.0 Å². The number of para-hydroxylation sites is 1. The fraction of sp³-hybridized carbons (Fsp3) is 0.300. The van der Waals surface area contributed by atoms with Gasteiger partial charge in [0.15, 0.2) is 5.78 Å². The molecule has 4 nitrogen and oxygen atoms in total. The van der Waals surface area contributed by atoms with Gasteiger partial charge in [0.1, 0.15) is 5.75 Å². The van der Waals surface area contributed by atoms with E-state index in [0.717, 1.165) is 0 Å². The molecule has 0 bridgehead atoms. The highest BCUT2D eigenvalue weighted by molar-refractivity contribution is 6.42. The third-order valence-corrected chi connectivity index (χ3v) is 5.43. The minimum Gasteiger partial charge on any atom is -0.434 e. The van der Waals surface area contributed by atoms with Gasteiger partial charge in [0, 0.05) is 24.6 Å². The van der Waals surface area contributed by atoms with Gasteiger partial charge in [-0.05, 0) is 43.2 Å². The Hall–Kier alpha value is -2.18. The van der Waals surface area contributed by atoms with Gasteiger partial charge in [0.25, 0.3) is 5.91 Å². The second kappa shape index (κ2) is 8.88. The summed E-state index contributed by atoms with van der Waals surface area (Å²) < 4.78 is 29.6. The quantitative estimate of drug-likeness (QED) is 0.605. The van der Waals surface area contributed by atoms with Crippen molar-refractivity contribution in [1.29, 1.82) is 0 Å². The number of hydrogen-bond acceptors (Lipinski definition) is 3.